The Morgan fingerprint density at radius 2 is 2.07 bits per heavy atom. The fraction of sp³-hybridized carbons (Fsp3) is 0.286. The number of aliphatic imine (C=N–C) groups is 1. The van der Waals surface area contributed by atoms with E-state index in [4.69, 9.17) is 16.3 Å². The number of aryl methyl sites for hydroxylation is 1. The monoisotopic (exact) mass is 431 g/mol. The lowest BCUT2D eigenvalue weighted by Gasteiger charge is -2.13. The molecule has 0 bridgehead atoms. The highest BCUT2D eigenvalue weighted by atomic mass is 35.5. The number of benzene rings is 2. The Balaban J connectivity index is 1.73. The van der Waals surface area contributed by atoms with E-state index in [9.17, 15) is 9.59 Å². The van der Waals surface area contributed by atoms with Crippen LogP contribution in [0, 0.1) is 6.92 Å². The largest absolute Gasteiger partial charge is 0.495 e. The Kier molecular flexibility index (Phi) is 6.82. The second kappa shape index (κ2) is 9.33. The van der Waals surface area contributed by atoms with E-state index in [1.165, 1.54) is 11.8 Å². The van der Waals surface area contributed by atoms with Crippen molar-refractivity contribution in [2.75, 3.05) is 19.0 Å². The molecule has 152 valence electrons. The summed E-state index contributed by atoms with van der Waals surface area (Å²) in [5.41, 5.74) is 2.21. The second-order valence-corrected chi connectivity index (χ2v) is 8.05. The van der Waals surface area contributed by atoms with Gasteiger partial charge in [-0.25, -0.2) is 4.99 Å². The molecule has 1 saturated heterocycles. The zero-order chi connectivity index (χ0) is 21.0. The zero-order valence-electron chi connectivity index (χ0n) is 16.4. The maximum absolute atomic E-state index is 12.8. The van der Waals surface area contributed by atoms with E-state index in [1.54, 1.807) is 30.2 Å². The van der Waals surface area contributed by atoms with Crippen LogP contribution in [0.4, 0.5) is 11.4 Å². The molecular formula is C21H22ClN3O3S. The first kappa shape index (κ1) is 21.2. The molecule has 1 aliphatic rings. The number of thioether (sulfide) groups is 1. The number of carbonyl (C=O) groups is 2. The van der Waals surface area contributed by atoms with E-state index < -0.39 is 5.25 Å². The quantitative estimate of drug-likeness (QED) is 0.723. The second-order valence-electron chi connectivity index (χ2n) is 6.47. The molecule has 0 aliphatic carbocycles. The molecule has 1 heterocycles. The summed E-state index contributed by atoms with van der Waals surface area (Å²) in [5, 5.41) is 3.49. The predicted molar refractivity (Wildman–Crippen MR) is 118 cm³/mol. The molecule has 3 rings (SSSR count). The summed E-state index contributed by atoms with van der Waals surface area (Å²) in [6, 6.07) is 12.7. The average molecular weight is 432 g/mol. The smallest absolute Gasteiger partial charge is 0.242 e. The molecule has 1 aliphatic heterocycles. The normalized spacial score (nSPS) is 17.7. The number of para-hydroxylation sites is 2. The molecule has 0 unspecified atom stereocenters. The molecule has 29 heavy (non-hydrogen) atoms. The Labute approximate surface area is 179 Å². The number of hydrogen-bond acceptors (Lipinski definition) is 5. The first-order chi connectivity index (χ1) is 13.9. The van der Waals surface area contributed by atoms with Crippen molar-refractivity contribution in [1.29, 1.82) is 0 Å². The van der Waals surface area contributed by atoms with Gasteiger partial charge in [0.1, 0.15) is 11.0 Å². The van der Waals surface area contributed by atoms with Gasteiger partial charge in [-0.1, -0.05) is 41.6 Å². The summed E-state index contributed by atoms with van der Waals surface area (Å²) in [6.45, 7) is 4.28. The molecular weight excluding hydrogens is 410 g/mol. The van der Waals surface area contributed by atoms with E-state index in [0.717, 1.165) is 5.56 Å². The number of amidine groups is 1. The van der Waals surface area contributed by atoms with Crippen LogP contribution in [0.3, 0.4) is 0 Å². The van der Waals surface area contributed by atoms with Crippen LogP contribution in [0.5, 0.6) is 5.75 Å². The van der Waals surface area contributed by atoms with Crippen LogP contribution in [0.15, 0.2) is 47.5 Å². The fourth-order valence-corrected chi connectivity index (χ4v) is 4.29. The number of nitrogens with one attached hydrogen (secondary N) is 1. The number of ether oxygens (including phenoxy) is 1. The number of anilines is 1. The van der Waals surface area contributed by atoms with E-state index in [0.29, 0.717) is 33.9 Å². The minimum atomic E-state index is -0.524. The van der Waals surface area contributed by atoms with Gasteiger partial charge in [0.05, 0.1) is 18.5 Å². The number of carbonyl (C=O) groups excluding carboxylic acids is 2. The summed E-state index contributed by atoms with van der Waals surface area (Å²) < 4.78 is 5.25. The van der Waals surface area contributed by atoms with Crippen molar-refractivity contribution in [3.8, 4) is 5.75 Å². The van der Waals surface area contributed by atoms with Crippen LogP contribution in [0.2, 0.25) is 5.02 Å². The Hall–Kier alpha value is -2.51. The molecule has 2 amide bonds. The number of hydrogen-bond donors (Lipinski definition) is 1. The summed E-state index contributed by atoms with van der Waals surface area (Å²) in [4.78, 5) is 31.5. The third kappa shape index (κ3) is 4.92. The van der Waals surface area contributed by atoms with Gasteiger partial charge in [0.15, 0.2) is 5.17 Å². The third-order valence-electron chi connectivity index (χ3n) is 4.47. The lowest BCUT2D eigenvalue weighted by Crippen LogP contribution is -2.33. The lowest BCUT2D eigenvalue weighted by molar-refractivity contribution is -0.128. The average Bonchev–Trinajstić information content (AvgIpc) is 2.99. The van der Waals surface area contributed by atoms with Gasteiger partial charge in [0, 0.05) is 18.0 Å². The Bertz CT molecular complexity index is 964. The molecule has 2 aromatic carbocycles. The van der Waals surface area contributed by atoms with Crippen molar-refractivity contribution in [2.45, 2.75) is 25.5 Å². The minimum Gasteiger partial charge on any atom is -0.495 e. The standard InChI is InChI=1S/C21H22ClN3O3S/c1-4-25-20(27)18(12-19(26)24-16-7-5-6-8-17(16)28-3)29-21(25)23-14-10-9-13(2)15(22)11-14/h5-11,18H,4,12H2,1-3H3,(H,24,26)/t18-/m1/s1. The Morgan fingerprint density at radius 1 is 1.31 bits per heavy atom. The molecule has 0 aromatic heterocycles. The van der Waals surface area contributed by atoms with E-state index >= 15 is 0 Å². The van der Waals surface area contributed by atoms with Gasteiger partial charge in [0.25, 0.3) is 0 Å². The van der Waals surface area contributed by atoms with Crippen LogP contribution in [0.1, 0.15) is 18.9 Å². The molecule has 1 fully saturated rings. The predicted octanol–water partition coefficient (Wildman–Crippen LogP) is 4.64. The van der Waals surface area contributed by atoms with Crippen LogP contribution in [0.25, 0.3) is 0 Å². The third-order valence-corrected chi connectivity index (χ3v) is 6.05. The van der Waals surface area contributed by atoms with Gasteiger partial charge >= 0.3 is 0 Å². The molecule has 6 nitrogen and oxygen atoms in total. The SMILES string of the molecule is CCN1C(=O)[C@@H](CC(=O)Nc2ccccc2OC)SC1=Nc1ccc(C)c(Cl)c1. The molecule has 0 radical (unpaired) electrons. The van der Waals surface area contributed by atoms with Crippen molar-refractivity contribution < 1.29 is 14.3 Å². The fourth-order valence-electron chi connectivity index (χ4n) is 2.90. The van der Waals surface area contributed by atoms with Gasteiger partial charge < -0.3 is 10.1 Å². The van der Waals surface area contributed by atoms with E-state index in [1.807, 2.05) is 38.1 Å². The summed E-state index contributed by atoms with van der Waals surface area (Å²) >= 11 is 7.47. The van der Waals surface area contributed by atoms with Crippen LogP contribution >= 0.6 is 23.4 Å². The Morgan fingerprint density at radius 3 is 2.76 bits per heavy atom. The zero-order valence-corrected chi connectivity index (χ0v) is 18.0. The van der Waals surface area contributed by atoms with Crippen molar-refractivity contribution in [2.24, 2.45) is 4.99 Å². The van der Waals surface area contributed by atoms with E-state index in [-0.39, 0.29) is 18.2 Å². The van der Waals surface area contributed by atoms with Crippen molar-refractivity contribution in [3.63, 3.8) is 0 Å². The first-order valence-corrected chi connectivity index (χ1v) is 10.4. The van der Waals surface area contributed by atoms with Crippen molar-refractivity contribution in [3.05, 3.63) is 53.1 Å². The highest BCUT2D eigenvalue weighted by Crippen LogP contribution is 2.33. The first-order valence-electron chi connectivity index (χ1n) is 9.18. The summed E-state index contributed by atoms with van der Waals surface area (Å²) in [5.74, 6) is 0.195. The number of amides is 2. The lowest BCUT2D eigenvalue weighted by atomic mass is 10.2. The number of rotatable bonds is 6. The number of nitrogens with zero attached hydrogens (tertiary/aromatic N) is 2. The van der Waals surface area contributed by atoms with Gasteiger partial charge in [0.2, 0.25) is 11.8 Å². The molecule has 0 spiro atoms. The number of methoxy groups -OCH3 is 1. The highest BCUT2D eigenvalue weighted by molar-refractivity contribution is 8.15. The maximum atomic E-state index is 12.8. The number of halogens is 1. The van der Waals surface area contributed by atoms with Gasteiger partial charge in [-0.2, -0.15) is 0 Å². The van der Waals surface area contributed by atoms with Crippen molar-refractivity contribution in [1.82, 2.24) is 4.90 Å². The summed E-state index contributed by atoms with van der Waals surface area (Å²) in [7, 11) is 1.54. The molecule has 8 heteroatoms. The molecule has 1 atom stereocenters. The summed E-state index contributed by atoms with van der Waals surface area (Å²) in [6.07, 6.45) is 0.0473. The van der Waals surface area contributed by atoms with Gasteiger partial charge in [-0.3, -0.25) is 14.5 Å². The van der Waals surface area contributed by atoms with Crippen LogP contribution in [-0.2, 0) is 9.59 Å². The minimum absolute atomic E-state index is 0.0473. The van der Waals surface area contributed by atoms with Gasteiger partial charge in [-0.15, -0.1) is 0 Å². The van der Waals surface area contributed by atoms with Crippen LogP contribution in [-0.4, -0.2) is 40.8 Å². The van der Waals surface area contributed by atoms with Crippen molar-refractivity contribution >= 4 is 51.7 Å². The van der Waals surface area contributed by atoms with Crippen LogP contribution < -0.4 is 10.1 Å². The molecule has 1 N–H and O–H groups in total. The van der Waals surface area contributed by atoms with E-state index in [2.05, 4.69) is 10.3 Å². The van der Waals surface area contributed by atoms with Gasteiger partial charge in [-0.05, 0) is 43.7 Å². The topological polar surface area (TPSA) is 71.0 Å². The molecule has 0 saturated carbocycles. The maximum Gasteiger partial charge on any atom is 0.242 e. The molecule has 2 aromatic rings. The highest BCUT2D eigenvalue weighted by Gasteiger charge is 2.38.